The van der Waals surface area contributed by atoms with Crippen LogP contribution in [0.15, 0.2) is 0 Å². The van der Waals surface area contributed by atoms with Gasteiger partial charge in [-0.05, 0) is 54.0 Å². The minimum atomic E-state index is 0.288. The van der Waals surface area contributed by atoms with Gasteiger partial charge in [0.15, 0.2) is 0 Å². The number of rotatable bonds is 9. The first kappa shape index (κ1) is 15.4. The molecule has 96 valence electrons. The van der Waals surface area contributed by atoms with Crippen LogP contribution in [0.2, 0.25) is 0 Å². The molecule has 0 bridgehead atoms. The quantitative estimate of drug-likeness (QED) is 0.594. The van der Waals surface area contributed by atoms with E-state index < -0.39 is 0 Å². The minimum Gasteiger partial charge on any atom is -0.343 e. The summed E-state index contributed by atoms with van der Waals surface area (Å²) in [5.41, 5.74) is 0. The summed E-state index contributed by atoms with van der Waals surface area (Å²) in [6, 6.07) is 0. The van der Waals surface area contributed by atoms with Crippen LogP contribution < -0.4 is 5.32 Å². The first-order valence-electron chi connectivity index (χ1n) is 6.19. The van der Waals surface area contributed by atoms with E-state index in [1.807, 2.05) is 18.9 Å². The summed E-state index contributed by atoms with van der Waals surface area (Å²) >= 11 is 0. The summed E-state index contributed by atoms with van der Waals surface area (Å²) in [7, 11) is 6.04. The van der Waals surface area contributed by atoms with Crippen molar-refractivity contribution in [1.29, 1.82) is 0 Å². The summed E-state index contributed by atoms with van der Waals surface area (Å²) < 4.78 is 0. The smallest absolute Gasteiger partial charge is 0.222 e. The molecule has 0 saturated carbocycles. The Morgan fingerprint density at radius 2 is 1.88 bits per heavy atom. The van der Waals surface area contributed by atoms with E-state index in [2.05, 4.69) is 24.3 Å². The topological polar surface area (TPSA) is 35.6 Å². The molecule has 16 heavy (non-hydrogen) atoms. The SMILES string of the molecule is CCN(CCCN(C)C)C(=O)CCCNC. The van der Waals surface area contributed by atoms with Crippen LogP contribution >= 0.6 is 0 Å². The van der Waals surface area contributed by atoms with Gasteiger partial charge in [-0.25, -0.2) is 0 Å². The van der Waals surface area contributed by atoms with Crippen molar-refractivity contribution in [3.05, 3.63) is 0 Å². The van der Waals surface area contributed by atoms with Gasteiger partial charge in [-0.15, -0.1) is 0 Å². The lowest BCUT2D eigenvalue weighted by molar-refractivity contribution is -0.131. The third-order valence-corrected chi connectivity index (χ3v) is 2.59. The first-order chi connectivity index (χ1) is 7.61. The van der Waals surface area contributed by atoms with Crippen LogP contribution in [-0.4, -0.2) is 63.0 Å². The van der Waals surface area contributed by atoms with Crippen molar-refractivity contribution in [2.45, 2.75) is 26.2 Å². The lowest BCUT2D eigenvalue weighted by Gasteiger charge is -2.21. The second kappa shape index (κ2) is 9.60. The van der Waals surface area contributed by atoms with Gasteiger partial charge in [0.25, 0.3) is 0 Å². The standard InChI is InChI=1S/C12H27N3O/c1-5-15(11-7-10-14(3)4)12(16)8-6-9-13-2/h13H,5-11H2,1-4H3. The van der Waals surface area contributed by atoms with Crippen molar-refractivity contribution in [2.24, 2.45) is 0 Å². The molecule has 0 saturated heterocycles. The van der Waals surface area contributed by atoms with E-state index >= 15 is 0 Å². The van der Waals surface area contributed by atoms with E-state index in [0.29, 0.717) is 6.42 Å². The Morgan fingerprint density at radius 3 is 2.38 bits per heavy atom. The third kappa shape index (κ3) is 7.65. The van der Waals surface area contributed by atoms with Gasteiger partial charge < -0.3 is 15.1 Å². The predicted molar refractivity (Wildman–Crippen MR) is 68.6 cm³/mol. The van der Waals surface area contributed by atoms with Gasteiger partial charge >= 0.3 is 0 Å². The first-order valence-corrected chi connectivity index (χ1v) is 6.19. The molecule has 0 atom stereocenters. The molecule has 4 heteroatoms. The zero-order chi connectivity index (χ0) is 12.4. The van der Waals surface area contributed by atoms with Crippen molar-refractivity contribution in [3.63, 3.8) is 0 Å². The van der Waals surface area contributed by atoms with Crippen LogP contribution in [0.3, 0.4) is 0 Å². The molecule has 0 aromatic heterocycles. The Hall–Kier alpha value is -0.610. The van der Waals surface area contributed by atoms with Crippen LogP contribution in [-0.2, 0) is 4.79 Å². The molecule has 0 aromatic rings. The van der Waals surface area contributed by atoms with Crippen LogP contribution in [0.1, 0.15) is 26.2 Å². The van der Waals surface area contributed by atoms with Gasteiger partial charge in [0.1, 0.15) is 0 Å². The van der Waals surface area contributed by atoms with E-state index in [-0.39, 0.29) is 5.91 Å². The average molecular weight is 229 g/mol. The fraction of sp³-hybridized carbons (Fsp3) is 0.917. The number of hydrogen-bond donors (Lipinski definition) is 1. The highest BCUT2D eigenvalue weighted by Gasteiger charge is 2.10. The summed E-state index contributed by atoms with van der Waals surface area (Å²) in [6.45, 7) is 5.71. The molecule has 0 aliphatic heterocycles. The second-order valence-electron chi connectivity index (χ2n) is 4.34. The van der Waals surface area contributed by atoms with E-state index in [0.717, 1.165) is 39.0 Å². The van der Waals surface area contributed by atoms with Gasteiger partial charge in [0, 0.05) is 19.5 Å². The number of hydrogen-bond acceptors (Lipinski definition) is 3. The maximum absolute atomic E-state index is 11.8. The molecule has 0 aliphatic carbocycles. The van der Waals surface area contributed by atoms with Crippen molar-refractivity contribution in [2.75, 3.05) is 47.3 Å². The van der Waals surface area contributed by atoms with Crippen LogP contribution in [0.5, 0.6) is 0 Å². The number of nitrogens with zero attached hydrogens (tertiary/aromatic N) is 2. The van der Waals surface area contributed by atoms with Gasteiger partial charge in [-0.3, -0.25) is 4.79 Å². The van der Waals surface area contributed by atoms with E-state index in [1.54, 1.807) is 0 Å². The normalized spacial score (nSPS) is 10.8. The molecule has 0 rings (SSSR count). The third-order valence-electron chi connectivity index (χ3n) is 2.59. The maximum Gasteiger partial charge on any atom is 0.222 e. The molecule has 1 amide bonds. The number of carbonyl (C=O) groups is 1. The van der Waals surface area contributed by atoms with E-state index in [1.165, 1.54) is 0 Å². The molecule has 1 N–H and O–H groups in total. The summed E-state index contributed by atoms with van der Waals surface area (Å²) in [6.07, 6.45) is 2.65. The van der Waals surface area contributed by atoms with E-state index in [4.69, 9.17) is 0 Å². The largest absolute Gasteiger partial charge is 0.343 e. The molecule has 0 aromatic carbocycles. The molecule has 0 radical (unpaired) electrons. The summed E-state index contributed by atoms with van der Waals surface area (Å²) in [4.78, 5) is 15.9. The van der Waals surface area contributed by atoms with Crippen molar-refractivity contribution < 1.29 is 4.79 Å². The fourth-order valence-electron chi connectivity index (χ4n) is 1.61. The molecule has 0 spiro atoms. The van der Waals surface area contributed by atoms with Crippen LogP contribution in [0, 0.1) is 0 Å². The Morgan fingerprint density at radius 1 is 1.19 bits per heavy atom. The monoisotopic (exact) mass is 229 g/mol. The number of nitrogens with one attached hydrogen (secondary N) is 1. The zero-order valence-electron chi connectivity index (χ0n) is 11.3. The summed E-state index contributed by atoms with van der Waals surface area (Å²) in [5, 5.41) is 3.06. The van der Waals surface area contributed by atoms with Crippen LogP contribution in [0.25, 0.3) is 0 Å². The van der Waals surface area contributed by atoms with Crippen molar-refractivity contribution >= 4 is 5.91 Å². The van der Waals surface area contributed by atoms with Crippen molar-refractivity contribution in [1.82, 2.24) is 15.1 Å². The highest BCUT2D eigenvalue weighted by atomic mass is 16.2. The Bertz CT molecular complexity index is 183. The predicted octanol–water partition coefficient (Wildman–Crippen LogP) is 0.786. The molecule has 0 aliphatic rings. The molecular weight excluding hydrogens is 202 g/mol. The number of amides is 1. The maximum atomic E-state index is 11.8. The lowest BCUT2D eigenvalue weighted by atomic mass is 10.2. The van der Waals surface area contributed by atoms with E-state index in [9.17, 15) is 4.79 Å². The van der Waals surface area contributed by atoms with Gasteiger partial charge in [0.2, 0.25) is 5.91 Å². The van der Waals surface area contributed by atoms with Gasteiger partial charge in [0.05, 0.1) is 0 Å². The minimum absolute atomic E-state index is 0.288. The van der Waals surface area contributed by atoms with Gasteiger partial charge in [-0.2, -0.15) is 0 Å². The Labute approximate surface area is 100.0 Å². The Balaban J connectivity index is 3.74. The molecule has 0 fully saturated rings. The van der Waals surface area contributed by atoms with Crippen LogP contribution in [0.4, 0.5) is 0 Å². The highest BCUT2D eigenvalue weighted by Crippen LogP contribution is 1.99. The summed E-state index contributed by atoms with van der Waals surface area (Å²) in [5.74, 6) is 0.288. The zero-order valence-corrected chi connectivity index (χ0v) is 11.3. The molecular formula is C12H27N3O. The average Bonchev–Trinajstić information content (AvgIpc) is 2.24. The van der Waals surface area contributed by atoms with Crippen molar-refractivity contribution in [3.8, 4) is 0 Å². The fourth-order valence-corrected chi connectivity index (χ4v) is 1.61. The molecule has 0 heterocycles. The second-order valence-corrected chi connectivity index (χ2v) is 4.34. The highest BCUT2D eigenvalue weighted by molar-refractivity contribution is 5.76. The lowest BCUT2D eigenvalue weighted by Crippen LogP contribution is -2.33. The van der Waals surface area contributed by atoms with Gasteiger partial charge in [-0.1, -0.05) is 0 Å². The molecule has 4 nitrogen and oxygen atoms in total. The number of carbonyl (C=O) groups excluding carboxylic acids is 1. The molecule has 0 unspecified atom stereocenters. The Kier molecular flexibility index (Phi) is 9.24.